The first-order valence-corrected chi connectivity index (χ1v) is 8.93. The number of fused-ring (bicyclic) bond motifs is 1. The van der Waals surface area contributed by atoms with E-state index in [0.29, 0.717) is 11.0 Å². The molecule has 1 aliphatic heterocycles. The lowest BCUT2D eigenvalue weighted by atomic mass is 9.71. The monoisotopic (exact) mass is 378 g/mol. The maximum Gasteiger partial charge on any atom is 0.179 e. The Morgan fingerprint density at radius 3 is 2.19 bits per heavy atom. The summed E-state index contributed by atoms with van der Waals surface area (Å²) >= 11 is 0. The molecule has 0 saturated carbocycles. The van der Waals surface area contributed by atoms with Crippen molar-refractivity contribution in [3.8, 4) is 0 Å². The van der Waals surface area contributed by atoms with Gasteiger partial charge in [0.15, 0.2) is 12.3 Å². The normalized spacial score (nSPS) is 22.1. The van der Waals surface area contributed by atoms with Gasteiger partial charge in [0.25, 0.3) is 0 Å². The fourth-order valence-electron chi connectivity index (χ4n) is 4.73. The van der Waals surface area contributed by atoms with E-state index in [9.17, 15) is 4.79 Å². The summed E-state index contributed by atoms with van der Waals surface area (Å²) in [4.78, 5) is 12.6. The Kier molecular flexibility index (Phi) is 6.59. The second kappa shape index (κ2) is 8.51. The molecule has 3 heteroatoms. The molecule has 2 nitrogen and oxygen atoms in total. The predicted molar refractivity (Wildman–Crippen MR) is 109 cm³/mol. The molecule has 139 valence electrons. The molecule has 0 spiro atoms. The Morgan fingerprint density at radius 2 is 1.63 bits per heavy atom. The zero-order valence-corrected chi connectivity index (χ0v) is 16.2. The van der Waals surface area contributed by atoms with Gasteiger partial charge < -0.3 is 12.4 Å². The van der Waals surface area contributed by atoms with Crippen LogP contribution < -0.4 is 16.9 Å². The van der Waals surface area contributed by atoms with Crippen molar-refractivity contribution in [3.05, 3.63) is 98.1 Å². The maximum atomic E-state index is 12.6. The molecule has 0 N–H and O–H groups in total. The van der Waals surface area contributed by atoms with Crippen molar-refractivity contribution >= 4 is 17.7 Å². The average Bonchev–Trinajstić information content (AvgIpc) is 2.90. The molecule has 27 heavy (non-hydrogen) atoms. The lowest BCUT2D eigenvalue weighted by Gasteiger charge is -2.41. The lowest BCUT2D eigenvalue weighted by Crippen LogP contribution is -3.00. The van der Waals surface area contributed by atoms with Crippen LogP contribution in [0.25, 0.3) is 0 Å². The molecule has 0 fully saturated rings. The number of carbonyl (C=O) groups excluding carboxylic acids is 1. The van der Waals surface area contributed by atoms with Crippen molar-refractivity contribution < 1.29 is 17.2 Å². The van der Waals surface area contributed by atoms with Gasteiger partial charge in [-0.25, -0.2) is 4.48 Å². The Labute approximate surface area is 168 Å². The Bertz CT molecular complexity index is 819. The van der Waals surface area contributed by atoms with E-state index in [1.54, 1.807) is 0 Å². The Hall–Kier alpha value is -2.42. The summed E-state index contributed by atoms with van der Waals surface area (Å²) < 4.78 is 0.444. The van der Waals surface area contributed by atoms with Crippen LogP contribution in [0.4, 0.5) is 11.4 Å². The number of aldehydes is 1. The molecular formula is C24H25ClNO. The molecule has 0 aromatic heterocycles. The molecule has 0 aliphatic carbocycles. The molecule has 1 aliphatic rings. The molecule has 2 aromatic rings. The average molecular weight is 379 g/mol. The fourth-order valence-corrected chi connectivity index (χ4v) is 4.73. The molecule has 0 amide bonds. The topological polar surface area (TPSA) is 17.1 Å². The van der Waals surface area contributed by atoms with E-state index < -0.39 is 0 Å². The molecule has 2 aromatic carbocycles. The summed E-state index contributed by atoms with van der Waals surface area (Å²) in [6.45, 7) is 12.6. The minimum atomic E-state index is -0.357. The number of allylic oxidation sites excluding steroid dienone is 2. The van der Waals surface area contributed by atoms with Gasteiger partial charge in [0, 0.05) is 17.7 Å². The zero-order chi connectivity index (χ0) is 18.6. The number of hydrogen-bond donors (Lipinski definition) is 0. The van der Waals surface area contributed by atoms with E-state index in [-0.39, 0.29) is 23.9 Å². The van der Waals surface area contributed by atoms with Crippen LogP contribution >= 0.6 is 0 Å². The molecule has 2 atom stereocenters. The van der Waals surface area contributed by atoms with Gasteiger partial charge in [-0.05, 0) is 43.2 Å². The summed E-state index contributed by atoms with van der Waals surface area (Å²) in [7, 11) is 0. The number of benzene rings is 2. The zero-order valence-electron chi connectivity index (χ0n) is 15.5. The summed E-state index contributed by atoms with van der Waals surface area (Å²) in [6.07, 6.45) is 8.30. The second-order valence-electron chi connectivity index (χ2n) is 6.84. The van der Waals surface area contributed by atoms with Gasteiger partial charge in [0.1, 0.15) is 17.9 Å². The highest BCUT2D eigenvalue weighted by atomic mass is 35.5. The third-order valence-corrected chi connectivity index (χ3v) is 5.64. The van der Waals surface area contributed by atoms with Crippen molar-refractivity contribution in [3.63, 3.8) is 0 Å². The molecule has 1 heterocycles. The van der Waals surface area contributed by atoms with Gasteiger partial charge in [-0.2, -0.15) is 0 Å². The third kappa shape index (κ3) is 2.99. The fraction of sp³-hybridized carbons (Fsp3) is 0.208. The van der Waals surface area contributed by atoms with Gasteiger partial charge in [0.05, 0.1) is 5.41 Å². The van der Waals surface area contributed by atoms with Crippen molar-refractivity contribution in [1.29, 1.82) is 0 Å². The lowest BCUT2D eigenvalue weighted by molar-refractivity contribution is -0.112. The summed E-state index contributed by atoms with van der Waals surface area (Å²) in [5.41, 5.74) is 3.07. The van der Waals surface area contributed by atoms with Crippen LogP contribution in [-0.4, -0.2) is 18.9 Å². The van der Waals surface area contributed by atoms with E-state index in [2.05, 4.69) is 50.1 Å². The highest BCUT2D eigenvalue weighted by Crippen LogP contribution is 2.57. The second-order valence-corrected chi connectivity index (χ2v) is 6.84. The number of halogens is 1. The molecule has 3 rings (SSSR count). The van der Waals surface area contributed by atoms with E-state index in [1.165, 1.54) is 5.56 Å². The molecule has 0 saturated heterocycles. The number of quaternary nitrogens is 1. The van der Waals surface area contributed by atoms with Crippen molar-refractivity contribution in [2.75, 3.05) is 6.54 Å². The maximum absolute atomic E-state index is 12.6. The molecular weight excluding hydrogens is 354 g/mol. The minimum Gasteiger partial charge on any atom is -1.00 e. The molecule has 2 unspecified atom stereocenters. The van der Waals surface area contributed by atoms with Gasteiger partial charge >= 0.3 is 0 Å². The van der Waals surface area contributed by atoms with Crippen molar-refractivity contribution in [2.24, 2.45) is 0 Å². The van der Waals surface area contributed by atoms with Gasteiger partial charge in [-0.1, -0.05) is 36.9 Å². The predicted octanol–water partition coefficient (Wildman–Crippen LogP) is 2.29. The van der Waals surface area contributed by atoms with Crippen LogP contribution in [0.15, 0.2) is 86.5 Å². The highest BCUT2D eigenvalue weighted by Gasteiger charge is 2.61. The first-order chi connectivity index (χ1) is 12.7. The molecule has 1 radical (unpaired) electrons. The van der Waals surface area contributed by atoms with Crippen LogP contribution in [0.3, 0.4) is 0 Å². The number of hydrogen-bond acceptors (Lipinski definition) is 1. The molecule has 0 bridgehead atoms. The van der Waals surface area contributed by atoms with Crippen LogP contribution in [-0.2, 0) is 10.2 Å². The van der Waals surface area contributed by atoms with E-state index in [4.69, 9.17) is 0 Å². The largest absolute Gasteiger partial charge is 1.00 e. The third-order valence-electron chi connectivity index (χ3n) is 5.64. The van der Waals surface area contributed by atoms with Crippen LogP contribution in [0, 0.1) is 6.07 Å². The summed E-state index contributed by atoms with van der Waals surface area (Å²) in [5, 5.41) is 0. The standard InChI is InChI=1S/C24H25NO.ClH/c1-4-16-24(17-5-2)21-14-10-11-15-22(21)25(18-6-3,23(24)19-26)20-12-8-7-9-13-20;/h4-6,8-15,19,23H,1-3,16-18H2;1H/q+1;/p-1. The first kappa shape index (κ1) is 20.9. The number of rotatable bonds is 8. The number of carbonyl (C=O) groups is 1. The van der Waals surface area contributed by atoms with E-state index in [0.717, 1.165) is 30.5 Å². The number of nitrogens with zero attached hydrogens (tertiary/aromatic N) is 1. The van der Waals surface area contributed by atoms with Gasteiger partial charge in [-0.15, -0.1) is 13.2 Å². The smallest absolute Gasteiger partial charge is 0.179 e. The Morgan fingerprint density at radius 1 is 1.00 bits per heavy atom. The summed E-state index contributed by atoms with van der Waals surface area (Å²) in [5.74, 6) is 0. The van der Waals surface area contributed by atoms with E-state index >= 15 is 0 Å². The van der Waals surface area contributed by atoms with Crippen molar-refractivity contribution in [1.82, 2.24) is 4.48 Å². The van der Waals surface area contributed by atoms with Crippen LogP contribution in [0.5, 0.6) is 0 Å². The quantitative estimate of drug-likeness (QED) is 0.391. The van der Waals surface area contributed by atoms with Crippen LogP contribution in [0.1, 0.15) is 18.4 Å². The Balaban J connectivity index is 0.00000261. The first-order valence-electron chi connectivity index (χ1n) is 8.93. The van der Waals surface area contributed by atoms with Crippen molar-refractivity contribution in [2.45, 2.75) is 24.3 Å². The highest BCUT2D eigenvalue weighted by molar-refractivity contribution is 5.81. The summed E-state index contributed by atoms with van der Waals surface area (Å²) in [6, 6.07) is 19.1. The van der Waals surface area contributed by atoms with E-state index in [1.807, 2.05) is 42.5 Å². The minimum absolute atomic E-state index is 0. The van der Waals surface area contributed by atoms with Crippen LogP contribution in [0.2, 0.25) is 0 Å². The number of para-hydroxylation sites is 1. The van der Waals surface area contributed by atoms with Gasteiger partial charge in [0.2, 0.25) is 0 Å². The van der Waals surface area contributed by atoms with Gasteiger partial charge in [-0.3, -0.25) is 4.79 Å². The SMILES string of the molecule is C=CCC1(CC=C)c2ccccc2[N+](CC=C)(c2cc[c]cc2)C1C=O.[Cl-].